The highest BCUT2D eigenvalue weighted by atomic mass is 32.2. The molecular formula is C20H28N6O2S. The van der Waals surface area contributed by atoms with Crippen LogP contribution in [-0.4, -0.2) is 67.2 Å². The van der Waals surface area contributed by atoms with Gasteiger partial charge >= 0.3 is 0 Å². The second-order valence-corrected chi connectivity index (χ2v) is 9.65. The van der Waals surface area contributed by atoms with Gasteiger partial charge in [-0.05, 0) is 49.9 Å². The van der Waals surface area contributed by atoms with Crippen LogP contribution in [0.2, 0.25) is 0 Å². The van der Waals surface area contributed by atoms with Gasteiger partial charge in [-0.25, -0.2) is 13.4 Å². The quantitative estimate of drug-likeness (QED) is 0.713. The van der Waals surface area contributed by atoms with Crippen LogP contribution in [-0.2, 0) is 10.0 Å². The predicted octanol–water partition coefficient (Wildman–Crippen LogP) is 2.15. The number of anilines is 2. The summed E-state index contributed by atoms with van der Waals surface area (Å²) in [5, 5.41) is 8.24. The van der Waals surface area contributed by atoms with Crippen molar-refractivity contribution >= 4 is 21.7 Å². The van der Waals surface area contributed by atoms with Crippen molar-refractivity contribution in [1.82, 2.24) is 19.5 Å². The Kier molecular flexibility index (Phi) is 5.96. The van der Waals surface area contributed by atoms with Gasteiger partial charge in [0.1, 0.15) is 10.7 Å². The van der Waals surface area contributed by atoms with E-state index in [-0.39, 0.29) is 6.04 Å². The van der Waals surface area contributed by atoms with Crippen LogP contribution in [0.3, 0.4) is 0 Å². The highest BCUT2D eigenvalue weighted by Gasteiger charge is 2.32. The first-order chi connectivity index (χ1) is 14.1. The number of likely N-dealkylation sites (N-methyl/N-ethyl adjacent to an activating group) is 1. The smallest absolute Gasteiger partial charge is 0.246 e. The number of sulfonamides is 1. The van der Waals surface area contributed by atoms with Crippen molar-refractivity contribution in [3.63, 3.8) is 0 Å². The van der Waals surface area contributed by atoms with Gasteiger partial charge in [-0.1, -0.05) is 6.42 Å². The van der Waals surface area contributed by atoms with Crippen molar-refractivity contribution in [3.8, 4) is 0 Å². The minimum Gasteiger partial charge on any atom is -0.356 e. The molecule has 29 heavy (non-hydrogen) atoms. The van der Waals surface area contributed by atoms with E-state index in [4.69, 9.17) is 0 Å². The van der Waals surface area contributed by atoms with E-state index in [1.807, 2.05) is 24.1 Å². The van der Waals surface area contributed by atoms with E-state index in [9.17, 15) is 8.42 Å². The van der Waals surface area contributed by atoms with Gasteiger partial charge in [0.15, 0.2) is 5.82 Å². The third-order valence-electron chi connectivity index (χ3n) is 5.76. The number of hydrogen-bond acceptors (Lipinski definition) is 7. The Hall–Kier alpha value is -2.26. The molecule has 0 amide bonds. The van der Waals surface area contributed by atoms with E-state index in [1.54, 1.807) is 28.8 Å². The number of aromatic nitrogens is 3. The molecule has 2 aliphatic rings. The summed E-state index contributed by atoms with van der Waals surface area (Å²) >= 11 is 0. The Balaban J connectivity index is 1.56. The highest BCUT2D eigenvalue weighted by Crippen LogP contribution is 2.29. The maximum absolute atomic E-state index is 13.3. The Labute approximate surface area is 172 Å². The standard InChI is InChI=1S/C20H28N6O2S/c1-24(16-17-8-7-15-26(17)19-10-6-12-22-23-19)20-18(9-5-11-21-20)29(27,28)25-13-3-2-4-14-25/h5-6,9-12,17H,2-4,7-8,13-16H2,1H3. The largest absolute Gasteiger partial charge is 0.356 e. The average molecular weight is 417 g/mol. The van der Waals surface area contributed by atoms with Crippen LogP contribution in [0.1, 0.15) is 32.1 Å². The van der Waals surface area contributed by atoms with Crippen molar-refractivity contribution in [3.05, 3.63) is 36.7 Å². The average Bonchev–Trinajstić information content (AvgIpc) is 3.23. The second-order valence-electron chi connectivity index (χ2n) is 7.74. The minimum absolute atomic E-state index is 0.240. The van der Waals surface area contributed by atoms with Gasteiger partial charge in [0.05, 0.1) is 0 Å². The lowest BCUT2D eigenvalue weighted by Crippen LogP contribution is -2.41. The Bertz CT molecular complexity index is 918. The third-order valence-corrected chi connectivity index (χ3v) is 7.68. The third kappa shape index (κ3) is 4.20. The van der Waals surface area contributed by atoms with Crippen LogP contribution in [0.5, 0.6) is 0 Å². The summed E-state index contributed by atoms with van der Waals surface area (Å²) in [5.41, 5.74) is 0. The molecular weight excluding hydrogens is 388 g/mol. The van der Waals surface area contributed by atoms with Crippen LogP contribution in [0.4, 0.5) is 11.6 Å². The van der Waals surface area contributed by atoms with Crippen LogP contribution in [0.25, 0.3) is 0 Å². The fraction of sp³-hybridized carbons (Fsp3) is 0.550. The molecule has 2 aromatic heterocycles. The first-order valence-corrected chi connectivity index (χ1v) is 11.7. The number of pyridine rings is 1. The van der Waals surface area contributed by atoms with E-state index in [2.05, 4.69) is 20.1 Å². The summed E-state index contributed by atoms with van der Waals surface area (Å²) in [5.74, 6) is 1.38. The molecule has 0 radical (unpaired) electrons. The molecule has 8 nitrogen and oxygen atoms in total. The van der Waals surface area contributed by atoms with Crippen molar-refractivity contribution in [2.75, 3.05) is 43.0 Å². The summed E-state index contributed by atoms with van der Waals surface area (Å²) in [6.07, 6.45) is 8.37. The van der Waals surface area contributed by atoms with Gasteiger partial charge in [0.25, 0.3) is 0 Å². The van der Waals surface area contributed by atoms with Crippen LogP contribution < -0.4 is 9.80 Å². The molecule has 2 saturated heterocycles. The molecule has 2 fully saturated rings. The van der Waals surface area contributed by atoms with Gasteiger partial charge in [0, 0.05) is 51.7 Å². The molecule has 2 aromatic rings. The molecule has 2 aliphatic heterocycles. The topological polar surface area (TPSA) is 82.5 Å². The number of hydrogen-bond donors (Lipinski definition) is 0. The zero-order valence-corrected chi connectivity index (χ0v) is 17.6. The van der Waals surface area contributed by atoms with Crippen LogP contribution in [0, 0.1) is 0 Å². The maximum Gasteiger partial charge on any atom is 0.246 e. The monoisotopic (exact) mass is 416 g/mol. The van der Waals surface area contributed by atoms with E-state index >= 15 is 0 Å². The lowest BCUT2D eigenvalue weighted by Gasteiger charge is -2.31. The molecule has 156 valence electrons. The Morgan fingerprint density at radius 1 is 1.07 bits per heavy atom. The van der Waals surface area contributed by atoms with Crippen molar-refractivity contribution in [2.24, 2.45) is 0 Å². The van der Waals surface area contributed by atoms with Gasteiger partial charge in [0.2, 0.25) is 10.0 Å². The first kappa shape index (κ1) is 20.0. The van der Waals surface area contributed by atoms with Gasteiger partial charge < -0.3 is 9.80 Å². The molecule has 0 N–H and O–H groups in total. The highest BCUT2D eigenvalue weighted by molar-refractivity contribution is 7.89. The lowest BCUT2D eigenvalue weighted by atomic mass is 10.2. The van der Waals surface area contributed by atoms with Gasteiger partial charge in [-0.2, -0.15) is 9.40 Å². The van der Waals surface area contributed by atoms with E-state index in [1.165, 1.54) is 0 Å². The summed E-state index contributed by atoms with van der Waals surface area (Å²) in [6.45, 7) is 2.78. The summed E-state index contributed by atoms with van der Waals surface area (Å²) in [6, 6.07) is 7.49. The fourth-order valence-electron chi connectivity index (χ4n) is 4.29. The molecule has 4 heterocycles. The second kappa shape index (κ2) is 8.62. The molecule has 0 aliphatic carbocycles. The molecule has 0 saturated carbocycles. The number of nitrogens with zero attached hydrogens (tertiary/aromatic N) is 6. The zero-order valence-electron chi connectivity index (χ0n) is 16.8. The minimum atomic E-state index is -3.54. The van der Waals surface area contributed by atoms with Crippen LogP contribution >= 0.6 is 0 Å². The van der Waals surface area contributed by atoms with E-state index in [0.29, 0.717) is 30.3 Å². The Morgan fingerprint density at radius 2 is 1.86 bits per heavy atom. The van der Waals surface area contributed by atoms with Crippen molar-refractivity contribution in [1.29, 1.82) is 0 Å². The van der Waals surface area contributed by atoms with Gasteiger partial charge in [-0.15, -0.1) is 5.10 Å². The van der Waals surface area contributed by atoms with Crippen molar-refractivity contribution in [2.45, 2.75) is 43.0 Å². The van der Waals surface area contributed by atoms with Crippen LogP contribution in [0.15, 0.2) is 41.6 Å². The van der Waals surface area contributed by atoms with E-state index in [0.717, 1.165) is 44.5 Å². The number of rotatable bonds is 6. The van der Waals surface area contributed by atoms with E-state index < -0.39 is 10.0 Å². The summed E-state index contributed by atoms with van der Waals surface area (Å²) in [4.78, 5) is 8.98. The molecule has 0 spiro atoms. The first-order valence-electron chi connectivity index (χ1n) is 10.3. The Morgan fingerprint density at radius 3 is 2.62 bits per heavy atom. The molecule has 9 heteroatoms. The molecule has 1 unspecified atom stereocenters. The van der Waals surface area contributed by atoms with Crippen molar-refractivity contribution < 1.29 is 8.42 Å². The zero-order chi connectivity index (χ0) is 20.3. The normalized spacial score (nSPS) is 20.7. The summed E-state index contributed by atoms with van der Waals surface area (Å²) in [7, 11) is -1.62. The molecule has 0 aromatic carbocycles. The van der Waals surface area contributed by atoms with Gasteiger partial charge in [-0.3, -0.25) is 0 Å². The molecule has 0 bridgehead atoms. The number of piperidine rings is 1. The fourth-order valence-corrected chi connectivity index (χ4v) is 6.00. The summed E-state index contributed by atoms with van der Waals surface area (Å²) < 4.78 is 28.1. The predicted molar refractivity (Wildman–Crippen MR) is 113 cm³/mol. The lowest BCUT2D eigenvalue weighted by molar-refractivity contribution is 0.346. The molecule has 4 rings (SSSR count). The maximum atomic E-state index is 13.3. The SMILES string of the molecule is CN(CC1CCCN1c1cccnn1)c1ncccc1S(=O)(=O)N1CCCCC1. The molecule has 1 atom stereocenters.